The second kappa shape index (κ2) is 6.34. The highest BCUT2D eigenvalue weighted by Crippen LogP contribution is 2.10. The summed E-state index contributed by atoms with van der Waals surface area (Å²) in [6.07, 6.45) is 0. The lowest BCUT2D eigenvalue weighted by Crippen LogP contribution is -2.02. The molecule has 0 aliphatic heterocycles. The summed E-state index contributed by atoms with van der Waals surface area (Å²) in [5.41, 5.74) is 2.76. The molecular formula is C15H15NO3S. The molecule has 0 aliphatic rings. The van der Waals surface area contributed by atoms with Gasteiger partial charge in [-0.25, -0.2) is 8.42 Å². The molecule has 2 aromatic carbocycles. The number of hydrogen-bond donors (Lipinski definition) is 0. The van der Waals surface area contributed by atoms with Crippen LogP contribution in [0.3, 0.4) is 0 Å². The Hall–Kier alpha value is -2.14. The van der Waals surface area contributed by atoms with Crippen molar-refractivity contribution in [1.82, 2.24) is 0 Å². The molecule has 0 atom stereocenters. The monoisotopic (exact) mass is 289 g/mol. The molecule has 104 valence electrons. The first-order valence-corrected chi connectivity index (χ1v) is 7.63. The highest BCUT2D eigenvalue weighted by atomic mass is 32.2. The van der Waals surface area contributed by atoms with Gasteiger partial charge in [0.2, 0.25) is 9.84 Å². The molecule has 4 nitrogen and oxygen atoms in total. The third kappa shape index (κ3) is 3.93. The predicted molar refractivity (Wildman–Crippen MR) is 78.1 cm³/mol. The van der Waals surface area contributed by atoms with E-state index in [0.29, 0.717) is 0 Å². The van der Waals surface area contributed by atoms with E-state index in [1.54, 1.807) is 24.3 Å². The highest BCUT2D eigenvalue weighted by Gasteiger charge is 2.10. The minimum Gasteiger partial charge on any atom is -0.390 e. The van der Waals surface area contributed by atoms with Gasteiger partial charge in [-0.15, -0.1) is 0 Å². The van der Waals surface area contributed by atoms with E-state index in [-0.39, 0.29) is 11.5 Å². The van der Waals surface area contributed by atoms with Crippen LogP contribution in [-0.4, -0.2) is 14.0 Å². The van der Waals surface area contributed by atoms with E-state index in [1.807, 2.05) is 37.3 Å². The van der Waals surface area contributed by atoms with E-state index >= 15 is 0 Å². The number of hydrogen-bond acceptors (Lipinski definition) is 4. The third-order valence-electron chi connectivity index (χ3n) is 2.68. The normalized spacial score (nSPS) is 11.7. The number of rotatable bonds is 5. The first kappa shape index (κ1) is 14.3. The van der Waals surface area contributed by atoms with Crippen molar-refractivity contribution in [2.45, 2.75) is 18.4 Å². The van der Waals surface area contributed by atoms with Crippen molar-refractivity contribution in [1.29, 1.82) is 0 Å². The molecule has 0 heterocycles. The van der Waals surface area contributed by atoms with Crippen molar-refractivity contribution < 1.29 is 13.3 Å². The molecule has 0 fully saturated rings. The van der Waals surface area contributed by atoms with Crippen LogP contribution in [0.1, 0.15) is 11.1 Å². The molecular weight excluding hydrogens is 274 g/mol. The Labute approximate surface area is 118 Å². The molecule has 0 bridgehead atoms. The first-order valence-electron chi connectivity index (χ1n) is 6.09. The van der Waals surface area contributed by atoms with Gasteiger partial charge in [-0.05, 0) is 24.6 Å². The van der Waals surface area contributed by atoms with Crippen molar-refractivity contribution in [3.05, 3.63) is 65.7 Å². The van der Waals surface area contributed by atoms with Crippen molar-refractivity contribution >= 4 is 15.4 Å². The molecule has 0 aliphatic carbocycles. The van der Waals surface area contributed by atoms with Crippen molar-refractivity contribution in [3.8, 4) is 0 Å². The van der Waals surface area contributed by atoms with Crippen LogP contribution in [0.15, 0.2) is 64.6 Å². The summed E-state index contributed by atoms with van der Waals surface area (Å²) in [7, 11) is -3.55. The second-order valence-electron chi connectivity index (χ2n) is 4.33. The van der Waals surface area contributed by atoms with Gasteiger partial charge in [-0.3, -0.25) is 0 Å². The summed E-state index contributed by atoms with van der Waals surface area (Å²) in [6, 6.07) is 16.0. The molecule has 0 saturated heterocycles. The van der Waals surface area contributed by atoms with Gasteiger partial charge < -0.3 is 4.84 Å². The van der Waals surface area contributed by atoms with Crippen molar-refractivity contribution in [3.63, 3.8) is 0 Å². The summed E-state index contributed by atoms with van der Waals surface area (Å²) in [6.45, 7) is 2.13. The third-order valence-corrected chi connectivity index (χ3v) is 3.97. The molecule has 2 aromatic rings. The average Bonchev–Trinajstić information content (AvgIpc) is 2.45. The van der Waals surface area contributed by atoms with Gasteiger partial charge in [0, 0.05) is 0 Å². The number of sulfone groups is 1. The van der Waals surface area contributed by atoms with E-state index in [4.69, 9.17) is 4.84 Å². The van der Waals surface area contributed by atoms with Gasteiger partial charge in [0.25, 0.3) is 0 Å². The van der Waals surface area contributed by atoms with Crippen LogP contribution < -0.4 is 0 Å². The van der Waals surface area contributed by atoms with Gasteiger partial charge in [0.15, 0.2) is 5.55 Å². The Balaban J connectivity index is 1.98. The van der Waals surface area contributed by atoms with E-state index < -0.39 is 9.84 Å². The van der Waals surface area contributed by atoms with E-state index in [1.165, 1.54) is 0 Å². The maximum absolute atomic E-state index is 11.9. The standard InChI is InChI=1S/C15H15NO3S/c1-13-7-9-15(10-8-13)20(17,18)12-16-19-11-14-5-3-2-4-6-14/h2-10,12H,11H2,1H3/b16-12+. The minimum atomic E-state index is -3.55. The van der Waals surface area contributed by atoms with Crippen molar-refractivity contribution in [2.75, 3.05) is 0 Å². The lowest BCUT2D eigenvalue weighted by Gasteiger charge is -2.00. The molecule has 0 amide bonds. The van der Waals surface area contributed by atoms with E-state index in [2.05, 4.69) is 5.16 Å². The summed E-state index contributed by atoms with van der Waals surface area (Å²) in [4.78, 5) is 5.19. The maximum Gasteiger partial charge on any atom is 0.220 e. The Bertz CT molecular complexity index is 677. The predicted octanol–water partition coefficient (Wildman–Crippen LogP) is 2.93. The molecule has 0 radical (unpaired) electrons. The lowest BCUT2D eigenvalue weighted by atomic mass is 10.2. The lowest BCUT2D eigenvalue weighted by molar-refractivity contribution is 0.132. The topological polar surface area (TPSA) is 55.7 Å². The molecule has 0 unspecified atom stereocenters. The van der Waals surface area contributed by atoms with Gasteiger partial charge in [-0.2, -0.15) is 0 Å². The second-order valence-corrected chi connectivity index (χ2v) is 6.10. The molecule has 2 rings (SSSR count). The first-order chi connectivity index (χ1) is 9.58. The molecule has 0 aromatic heterocycles. The zero-order valence-corrected chi connectivity index (χ0v) is 11.9. The van der Waals surface area contributed by atoms with Gasteiger partial charge in [0.1, 0.15) is 6.61 Å². The average molecular weight is 289 g/mol. The molecule has 5 heteroatoms. The Morgan fingerprint density at radius 2 is 1.70 bits per heavy atom. The van der Waals surface area contributed by atoms with Gasteiger partial charge in [0.05, 0.1) is 4.90 Å². The van der Waals surface area contributed by atoms with Gasteiger partial charge in [-0.1, -0.05) is 53.2 Å². The Morgan fingerprint density at radius 1 is 1.05 bits per heavy atom. The van der Waals surface area contributed by atoms with Crippen LogP contribution in [0.25, 0.3) is 0 Å². The Morgan fingerprint density at radius 3 is 2.35 bits per heavy atom. The van der Waals surface area contributed by atoms with Crippen LogP contribution in [0.4, 0.5) is 0 Å². The highest BCUT2D eigenvalue weighted by molar-refractivity contribution is 8.04. The fourth-order valence-corrected chi connectivity index (χ4v) is 2.37. The maximum atomic E-state index is 11.9. The number of benzene rings is 2. The fourth-order valence-electron chi connectivity index (χ4n) is 1.56. The number of oxime groups is 1. The molecule has 0 spiro atoms. The van der Waals surface area contributed by atoms with E-state index in [9.17, 15) is 8.42 Å². The molecule has 0 N–H and O–H groups in total. The quantitative estimate of drug-likeness (QED) is 0.483. The summed E-state index contributed by atoms with van der Waals surface area (Å²) < 4.78 is 23.9. The van der Waals surface area contributed by atoms with Crippen LogP contribution in [0.5, 0.6) is 0 Å². The van der Waals surface area contributed by atoms with Crippen LogP contribution in [-0.2, 0) is 21.3 Å². The SMILES string of the molecule is Cc1ccc(S(=O)(=O)/C=N/OCc2ccccc2)cc1. The van der Waals surface area contributed by atoms with E-state index in [0.717, 1.165) is 16.7 Å². The zero-order chi connectivity index (χ0) is 14.4. The van der Waals surface area contributed by atoms with Crippen molar-refractivity contribution in [2.24, 2.45) is 5.16 Å². The van der Waals surface area contributed by atoms with Crippen LogP contribution in [0, 0.1) is 6.92 Å². The van der Waals surface area contributed by atoms with Crippen LogP contribution in [0.2, 0.25) is 0 Å². The molecule has 20 heavy (non-hydrogen) atoms. The summed E-state index contributed by atoms with van der Waals surface area (Å²) in [5, 5.41) is 3.52. The summed E-state index contributed by atoms with van der Waals surface area (Å²) in [5.74, 6) is 0. The summed E-state index contributed by atoms with van der Waals surface area (Å²) >= 11 is 0. The fraction of sp³-hybridized carbons (Fsp3) is 0.133. The zero-order valence-electron chi connectivity index (χ0n) is 11.1. The van der Waals surface area contributed by atoms with Crippen LogP contribution >= 0.6 is 0 Å². The van der Waals surface area contributed by atoms with Gasteiger partial charge >= 0.3 is 0 Å². The number of aryl methyl sites for hydroxylation is 1. The smallest absolute Gasteiger partial charge is 0.220 e. The Kier molecular flexibility index (Phi) is 4.53. The molecule has 0 saturated carbocycles. The largest absolute Gasteiger partial charge is 0.390 e. The number of nitrogens with zero attached hydrogens (tertiary/aromatic N) is 1. The minimum absolute atomic E-state index is 0.204.